The molecule has 1 aliphatic heterocycles. The SMILES string of the molecule is COC(=O)C(=C(C)C)N1C(=O)[C@H]([C@H](C)O[Si](C)(C)C(C)(C)C)[C@H]1SC. The van der Waals surface area contributed by atoms with Gasteiger partial charge in [0.25, 0.3) is 0 Å². The topological polar surface area (TPSA) is 55.8 Å². The van der Waals surface area contributed by atoms with Gasteiger partial charge in [-0.25, -0.2) is 4.79 Å². The Morgan fingerprint density at radius 3 is 2.16 bits per heavy atom. The van der Waals surface area contributed by atoms with Crippen LogP contribution in [0.25, 0.3) is 0 Å². The predicted molar refractivity (Wildman–Crippen MR) is 106 cm³/mol. The molecule has 0 saturated carbocycles. The second-order valence-corrected chi connectivity index (χ2v) is 14.0. The molecule has 0 unspecified atom stereocenters. The molecule has 0 aromatic rings. The highest BCUT2D eigenvalue weighted by Gasteiger charge is 2.54. The average molecular weight is 388 g/mol. The molecule has 0 aliphatic carbocycles. The van der Waals surface area contributed by atoms with E-state index in [1.807, 2.05) is 27.0 Å². The quantitative estimate of drug-likeness (QED) is 0.298. The summed E-state index contributed by atoms with van der Waals surface area (Å²) in [5.74, 6) is -0.779. The Bertz CT molecular complexity index is 564. The van der Waals surface area contributed by atoms with Crippen LogP contribution in [0.15, 0.2) is 11.3 Å². The zero-order valence-electron chi connectivity index (χ0n) is 17.2. The number of esters is 1. The number of hydrogen-bond acceptors (Lipinski definition) is 5. The molecule has 1 amide bonds. The molecular formula is C18H33NO4SSi. The van der Waals surface area contributed by atoms with Crippen LogP contribution in [0.3, 0.4) is 0 Å². The summed E-state index contributed by atoms with van der Waals surface area (Å²) in [6, 6.07) is 0. The number of amides is 1. The summed E-state index contributed by atoms with van der Waals surface area (Å²) in [5.41, 5.74) is 1.12. The Balaban J connectivity index is 3.05. The van der Waals surface area contributed by atoms with Gasteiger partial charge in [-0.3, -0.25) is 9.69 Å². The third-order valence-corrected chi connectivity index (χ3v) is 10.8. The Kier molecular flexibility index (Phi) is 6.98. The van der Waals surface area contributed by atoms with Gasteiger partial charge in [-0.1, -0.05) is 20.8 Å². The molecule has 1 aliphatic rings. The smallest absolute Gasteiger partial charge is 0.354 e. The highest BCUT2D eigenvalue weighted by Crippen LogP contribution is 2.44. The Morgan fingerprint density at radius 2 is 1.80 bits per heavy atom. The van der Waals surface area contributed by atoms with E-state index in [1.54, 1.807) is 16.7 Å². The Labute approximate surface area is 157 Å². The number of rotatable bonds is 6. The first-order chi connectivity index (χ1) is 11.3. The fourth-order valence-corrected chi connectivity index (χ4v) is 5.24. The van der Waals surface area contributed by atoms with Crippen LogP contribution in [0, 0.1) is 5.92 Å². The maximum absolute atomic E-state index is 12.9. The standard InChI is InChI=1S/C18H33NO4SSi/c1-11(2)14(17(21)22-7)19-15(20)13(16(19)24-8)12(3)23-25(9,10)18(4,5)6/h12-13,16H,1-10H3/t12-,13-,16+/m0/s1. The third kappa shape index (κ3) is 4.31. The van der Waals surface area contributed by atoms with Gasteiger partial charge in [0.05, 0.1) is 24.5 Å². The molecule has 0 radical (unpaired) electrons. The lowest BCUT2D eigenvalue weighted by molar-refractivity contribution is -0.157. The van der Waals surface area contributed by atoms with Gasteiger partial charge in [0.1, 0.15) is 5.70 Å². The minimum absolute atomic E-state index is 0.0628. The van der Waals surface area contributed by atoms with Crippen LogP contribution in [0.5, 0.6) is 0 Å². The number of carbonyl (C=O) groups is 2. The molecule has 5 nitrogen and oxygen atoms in total. The number of nitrogens with zero attached hydrogens (tertiary/aromatic N) is 1. The number of β-lactam (4-membered cyclic amide) rings is 1. The van der Waals surface area contributed by atoms with Crippen molar-refractivity contribution in [2.45, 2.75) is 71.2 Å². The van der Waals surface area contributed by atoms with E-state index in [-0.39, 0.29) is 28.3 Å². The summed E-state index contributed by atoms with van der Waals surface area (Å²) in [6.07, 6.45) is 1.77. The van der Waals surface area contributed by atoms with E-state index in [2.05, 4.69) is 33.9 Å². The summed E-state index contributed by atoms with van der Waals surface area (Å²) in [6.45, 7) is 16.6. The summed E-state index contributed by atoms with van der Waals surface area (Å²) < 4.78 is 11.3. The van der Waals surface area contributed by atoms with Crippen molar-refractivity contribution in [1.29, 1.82) is 0 Å². The number of likely N-dealkylation sites (tertiary alicyclic amines) is 1. The Hall–Kier alpha value is -0.793. The molecule has 1 saturated heterocycles. The molecule has 7 heteroatoms. The highest BCUT2D eigenvalue weighted by molar-refractivity contribution is 7.99. The molecule has 144 valence electrons. The molecule has 0 bridgehead atoms. The van der Waals surface area contributed by atoms with Crippen LogP contribution >= 0.6 is 11.8 Å². The van der Waals surface area contributed by atoms with Gasteiger partial charge >= 0.3 is 5.97 Å². The molecule has 1 heterocycles. The molecule has 0 N–H and O–H groups in total. The van der Waals surface area contributed by atoms with Gasteiger partial charge in [0, 0.05) is 0 Å². The minimum atomic E-state index is -1.97. The van der Waals surface area contributed by atoms with E-state index in [4.69, 9.17) is 9.16 Å². The molecule has 1 rings (SSSR count). The van der Waals surface area contributed by atoms with Crippen molar-refractivity contribution in [2.75, 3.05) is 13.4 Å². The van der Waals surface area contributed by atoms with Crippen LogP contribution < -0.4 is 0 Å². The third-order valence-electron chi connectivity index (χ3n) is 5.21. The maximum Gasteiger partial charge on any atom is 0.354 e. The lowest BCUT2D eigenvalue weighted by Crippen LogP contribution is -2.64. The average Bonchev–Trinajstić information content (AvgIpc) is 2.46. The number of ether oxygens (including phenoxy) is 1. The molecule has 1 fully saturated rings. The van der Waals surface area contributed by atoms with Gasteiger partial charge in [-0.05, 0) is 50.7 Å². The summed E-state index contributed by atoms with van der Waals surface area (Å²) >= 11 is 1.57. The largest absolute Gasteiger partial charge is 0.464 e. The van der Waals surface area contributed by atoms with Crippen molar-refractivity contribution in [1.82, 2.24) is 4.90 Å². The van der Waals surface area contributed by atoms with E-state index >= 15 is 0 Å². The molecule has 0 aromatic carbocycles. The molecule has 0 spiro atoms. The van der Waals surface area contributed by atoms with E-state index in [9.17, 15) is 9.59 Å². The molecule has 0 aromatic heterocycles. The van der Waals surface area contributed by atoms with Crippen LogP contribution in [0.4, 0.5) is 0 Å². The summed E-state index contributed by atoms with van der Waals surface area (Å²) in [4.78, 5) is 26.6. The molecule has 3 atom stereocenters. The van der Waals surface area contributed by atoms with Crippen molar-refractivity contribution < 1.29 is 18.8 Å². The molecule has 25 heavy (non-hydrogen) atoms. The highest BCUT2D eigenvalue weighted by atomic mass is 32.2. The number of hydrogen-bond donors (Lipinski definition) is 0. The van der Waals surface area contributed by atoms with E-state index in [0.717, 1.165) is 5.57 Å². The van der Waals surface area contributed by atoms with Crippen molar-refractivity contribution in [3.05, 3.63) is 11.3 Å². The van der Waals surface area contributed by atoms with Gasteiger partial charge < -0.3 is 9.16 Å². The fourth-order valence-electron chi connectivity index (χ4n) is 2.76. The van der Waals surface area contributed by atoms with Crippen LogP contribution in [-0.4, -0.2) is 49.9 Å². The summed E-state index contributed by atoms with van der Waals surface area (Å²) in [5, 5.41) is -0.0315. The minimum Gasteiger partial charge on any atom is -0.464 e. The van der Waals surface area contributed by atoms with Gasteiger partial charge in [0.2, 0.25) is 5.91 Å². The number of allylic oxidation sites excluding steroid dienone is 1. The summed E-state index contributed by atoms with van der Waals surface area (Å²) in [7, 11) is -0.631. The molecular weight excluding hydrogens is 354 g/mol. The monoisotopic (exact) mass is 387 g/mol. The lowest BCUT2D eigenvalue weighted by Gasteiger charge is -2.50. The van der Waals surface area contributed by atoms with E-state index < -0.39 is 14.3 Å². The first-order valence-electron chi connectivity index (χ1n) is 8.59. The predicted octanol–water partition coefficient (Wildman–Crippen LogP) is 4.01. The van der Waals surface area contributed by atoms with Gasteiger partial charge in [0.15, 0.2) is 8.32 Å². The fraction of sp³-hybridized carbons (Fsp3) is 0.778. The van der Waals surface area contributed by atoms with Crippen molar-refractivity contribution >= 4 is 32.0 Å². The van der Waals surface area contributed by atoms with Crippen molar-refractivity contribution in [2.24, 2.45) is 5.92 Å². The maximum atomic E-state index is 12.9. The van der Waals surface area contributed by atoms with E-state index in [1.165, 1.54) is 7.11 Å². The van der Waals surface area contributed by atoms with Crippen molar-refractivity contribution in [3.8, 4) is 0 Å². The number of methoxy groups -OCH3 is 1. The number of carbonyl (C=O) groups excluding carboxylic acids is 2. The Morgan fingerprint density at radius 1 is 1.28 bits per heavy atom. The first kappa shape index (κ1) is 22.2. The second-order valence-electron chi connectivity index (χ2n) is 8.28. The van der Waals surface area contributed by atoms with E-state index in [0.29, 0.717) is 5.70 Å². The van der Waals surface area contributed by atoms with Crippen molar-refractivity contribution in [3.63, 3.8) is 0 Å². The second kappa shape index (κ2) is 7.84. The zero-order valence-corrected chi connectivity index (χ0v) is 19.0. The van der Waals surface area contributed by atoms with Crippen LogP contribution in [-0.2, 0) is 18.8 Å². The number of thioether (sulfide) groups is 1. The first-order valence-corrected chi connectivity index (χ1v) is 12.8. The van der Waals surface area contributed by atoms with Crippen LogP contribution in [0.1, 0.15) is 41.5 Å². The zero-order chi connectivity index (χ0) is 19.7. The van der Waals surface area contributed by atoms with Gasteiger partial charge in [-0.15, -0.1) is 11.8 Å². The lowest BCUT2D eigenvalue weighted by atomic mass is 9.91. The van der Waals surface area contributed by atoms with Crippen LogP contribution in [0.2, 0.25) is 18.1 Å². The normalized spacial score (nSPS) is 22.3. The van der Waals surface area contributed by atoms with Gasteiger partial charge in [-0.2, -0.15) is 0 Å².